The lowest BCUT2D eigenvalue weighted by atomic mass is 9.95. The number of piperidine rings is 1. The Labute approximate surface area is 202 Å². The molecule has 1 aliphatic heterocycles. The standard InChI is InChI=1S/C21H23F2N3O6S3/c1-33(27,28)24-15-21(23)10-12-25(13-11-21)35(31,32)20-14-16-6-2-4-8-18(16)26(20)34(29,30)19-9-5-3-7-17(19)22/h2-9,14,24H,10-13,15H2,1H3. The van der Waals surface area contributed by atoms with Gasteiger partial charge in [-0.25, -0.2) is 42.7 Å². The third-order valence-corrected chi connectivity index (χ3v) is 10.3. The molecule has 1 saturated heterocycles. The summed E-state index contributed by atoms with van der Waals surface area (Å²) in [7, 11) is -12.8. The van der Waals surface area contributed by atoms with E-state index in [0.29, 0.717) is 9.36 Å². The van der Waals surface area contributed by atoms with E-state index in [2.05, 4.69) is 4.72 Å². The van der Waals surface area contributed by atoms with Crippen molar-refractivity contribution in [2.24, 2.45) is 0 Å². The molecule has 1 aromatic heterocycles. The molecule has 1 aliphatic rings. The Morgan fingerprint density at radius 1 is 0.914 bits per heavy atom. The van der Waals surface area contributed by atoms with Gasteiger partial charge in [-0.1, -0.05) is 30.3 Å². The molecular weight excluding hydrogens is 524 g/mol. The van der Waals surface area contributed by atoms with E-state index in [1.165, 1.54) is 36.4 Å². The van der Waals surface area contributed by atoms with Crippen LogP contribution in [0.2, 0.25) is 0 Å². The van der Waals surface area contributed by atoms with Crippen LogP contribution in [0.1, 0.15) is 12.8 Å². The molecule has 0 spiro atoms. The number of fused-ring (bicyclic) bond motifs is 1. The topological polar surface area (TPSA) is 123 Å². The van der Waals surface area contributed by atoms with Crippen molar-refractivity contribution < 1.29 is 34.0 Å². The minimum atomic E-state index is -4.67. The third-order valence-electron chi connectivity index (χ3n) is 5.86. The molecule has 0 amide bonds. The Balaban J connectivity index is 1.75. The lowest BCUT2D eigenvalue weighted by molar-refractivity contribution is 0.0933. The second kappa shape index (κ2) is 8.92. The molecular formula is C21H23F2N3O6S3. The van der Waals surface area contributed by atoms with Crippen molar-refractivity contribution in [2.75, 3.05) is 25.9 Å². The van der Waals surface area contributed by atoms with Gasteiger partial charge in [0.15, 0.2) is 5.03 Å². The Kier molecular flexibility index (Phi) is 6.55. The predicted octanol–water partition coefficient (Wildman–Crippen LogP) is 2.06. The van der Waals surface area contributed by atoms with Crippen LogP contribution >= 0.6 is 0 Å². The van der Waals surface area contributed by atoms with E-state index >= 15 is 4.39 Å². The van der Waals surface area contributed by atoms with Crippen molar-refractivity contribution in [3.63, 3.8) is 0 Å². The lowest BCUT2D eigenvalue weighted by Gasteiger charge is -2.35. The normalized spacial score (nSPS) is 17.6. The number of sulfonamides is 2. The van der Waals surface area contributed by atoms with Gasteiger partial charge in [0.05, 0.1) is 11.8 Å². The SMILES string of the molecule is CS(=O)(=O)NCC1(F)CCN(S(=O)(=O)c2cc3ccccc3n2S(=O)(=O)c2ccccc2F)CC1. The molecule has 4 rings (SSSR count). The van der Waals surface area contributed by atoms with E-state index in [9.17, 15) is 29.6 Å². The number of hydrogen-bond acceptors (Lipinski definition) is 6. The second-order valence-electron chi connectivity index (χ2n) is 8.39. The number of nitrogens with zero attached hydrogens (tertiary/aromatic N) is 2. The number of hydrogen-bond donors (Lipinski definition) is 1. The van der Waals surface area contributed by atoms with Crippen LogP contribution in [-0.2, 0) is 30.1 Å². The minimum absolute atomic E-state index is 0.0449. The molecule has 0 atom stereocenters. The van der Waals surface area contributed by atoms with Crippen molar-refractivity contribution in [1.82, 2.24) is 13.0 Å². The van der Waals surface area contributed by atoms with Gasteiger partial charge < -0.3 is 0 Å². The molecule has 2 heterocycles. The average molecular weight is 548 g/mol. The van der Waals surface area contributed by atoms with E-state index in [0.717, 1.165) is 22.7 Å². The first-order valence-electron chi connectivity index (χ1n) is 10.5. The van der Waals surface area contributed by atoms with Gasteiger partial charge in [-0.3, -0.25) is 0 Å². The summed E-state index contributed by atoms with van der Waals surface area (Å²) in [5.74, 6) is -1.04. The van der Waals surface area contributed by atoms with Crippen LogP contribution in [0, 0.1) is 5.82 Å². The van der Waals surface area contributed by atoms with Crippen molar-refractivity contribution in [1.29, 1.82) is 0 Å². The zero-order chi connectivity index (χ0) is 25.6. The Morgan fingerprint density at radius 3 is 2.14 bits per heavy atom. The minimum Gasteiger partial charge on any atom is -0.242 e. The summed E-state index contributed by atoms with van der Waals surface area (Å²) < 4.78 is 110. The number of alkyl halides is 1. The van der Waals surface area contributed by atoms with Crippen LogP contribution < -0.4 is 4.72 Å². The van der Waals surface area contributed by atoms with Gasteiger partial charge in [0.25, 0.3) is 20.0 Å². The summed E-state index contributed by atoms with van der Waals surface area (Å²) in [4.78, 5) is -0.689. The molecule has 0 unspecified atom stereocenters. The molecule has 0 aliphatic carbocycles. The molecule has 190 valence electrons. The molecule has 35 heavy (non-hydrogen) atoms. The Hall–Kier alpha value is -2.39. The molecule has 2 aromatic carbocycles. The van der Waals surface area contributed by atoms with E-state index in [1.54, 1.807) is 6.07 Å². The number of halogens is 2. The second-order valence-corrected chi connectivity index (χ2v) is 13.9. The van der Waals surface area contributed by atoms with E-state index in [4.69, 9.17) is 0 Å². The quantitative estimate of drug-likeness (QED) is 0.483. The average Bonchev–Trinajstić information content (AvgIpc) is 3.19. The Morgan fingerprint density at radius 2 is 1.51 bits per heavy atom. The maximum absolute atomic E-state index is 15.1. The summed E-state index contributed by atoms with van der Waals surface area (Å²) in [5.41, 5.74) is -1.91. The third kappa shape index (κ3) is 4.98. The summed E-state index contributed by atoms with van der Waals surface area (Å²) >= 11 is 0. The van der Waals surface area contributed by atoms with Gasteiger partial charge >= 0.3 is 0 Å². The molecule has 0 saturated carbocycles. The molecule has 1 fully saturated rings. The van der Waals surface area contributed by atoms with Crippen LogP contribution in [0.15, 0.2) is 64.5 Å². The highest BCUT2D eigenvalue weighted by molar-refractivity contribution is 7.92. The van der Waals surface area contributed by atoms with Gasteiger partial charge in [0, 0.05) is 25.0 Å². The van der Waals surface area contributed by atoms with Crippen LogP contribution in [-0.4, -0.2) is 65.1 Å². The Bertz CT molecular complexity index is 1590. The number of aromatic nitrogens is 1. The summed E-state index contributed by atoms with van der Waals surface area (Å²) in [5, 5.41) is -0.289. The highest BCUT2D eigenvalue weighted by Gasteiger charge is 2.41. The largest absolute Gasteiger partial charge is 0.272 e. The van der Waals surface area contributed by atoms with Crippen LogP contribution in [0.25, 0.3) is 10.9 Å². The fraction of sp³-hybridized carbons (Fsp3) is 0.333. The van der Waals surface area contributed by atoms with E-state index < -0.39 is 58.0 Å². The first-order valence-corrected chi connectivity index (χ1v) is 15.3. The van der Waals surface area contributed by atoms with Gasteiger partial charge in [-0.05, 0) is 37.1 Å². The highest BCUT2D eigenvalue weighted by Crippen LogP contribution is 2.34. The first kappa shape index (κ1) is 25.7. The molecule has 0 radical (unpaired) electrons. The van der Waals surface area contributed by atoms with Crippen molar-refractivity contribution in [3.8, 4) is 0 Å². The van der Waals surface area contributed by atoms with Crippen molar-refractivity contribution in [2.45, 2.75) is 28.4 Å². The monoisotopic (exact) mass is 547 g/mol. The fourth-order valence-corrected chi connectivity index (χ4v) is 8.07. The molecule has 1 N–H and O–H groups in total. The summed E-state index contributed by atoms with van der Waals surface area (Å²) in [6.45, 7) is -1.10. The van der Waals surface area contributed by atoms with Crippen LogP contribution in [0.4, 0.5) is 8.78 Å². The van der Waals surface area contributed by atoms with Crippen LogP contribution in [0.3, 0.4) is 0 Å². The molecule has 0 bridgehead atoms. The van der Waals surface area contributed by atoms with Crippen molar-refractivity contribution >= 4 is 41.0 Å². The molecule has 14 heteroatoms. The van der Waals surface area contributed by atoms with Gasteiger partial charge in [-0.2, -0.15) is 4.31 Å². The zero-order valence-corrected chi connectivity index (χ0v) is 21.0. The first-order chi connectivity index (χ1) is 16.2. The number of benzene rings is 2. The van der Waals surface area contributed by atoms with Gasteiger partial charge in [0.2, 0.25) is 10.0 Å². The predicted molar refractivity (Wildman–Crippen MR) is 126 cm³/mol. The maximum atomic E-state index is 15.1. The number of rotatable bonds is 7. The zero-order valence-electron chi connectivity index (χ0n) is 18.6. The molecule has 9 nitrogen and oxygen atoms in total. The maximum Gasteiger partial charge on any atom is 0.272 e. The fourth-order valence-electron chi connectivity index (χ4n) is 3.98. The lowest BCUT2D eigenvalue weighted by Crippen LogP contribution is -2.49. The van der Waals surface area contributed by atoms with Gasteiger partial charge in [-0.15, -0.1) is 0 Å². The summed E-state index contributed by atoms with van der Waals surface area (Å²) in [6, 6.07) is 11.9. The number of nitrogens with one attached hydrogen (secondary N) is 1. The van der Waals surface area contributed by atoms with Gasteiger partial charge in [0.1, 0.15) is 16.4 Å². The smallest absolute Gasteiger partial charge is 0.242 e. The summed E-state index contributed by atoms with van der Waals surface area (Å²) in [6.07, 6.45) is 0.300. The molecule has 3 aromatic rings. The van der Waals surface area contributed by atoms with Crippen LogP contribution in [0.5, 0.6) is 0 Å². The highest BCUT2D eigenvalue weighted by atomic mass is 32.2. The van der Waals surface area contributed by atoms with Crippen molar-refractivity contribution in [3.05, 3.63) is 60.4 Å². The number of para-hydroxylation sites is 1. The van der Waals surface area contributed by atoms with E-state index in [1.807, 2.05) is 0 Å². The van der Waals surface area contributed by atoms with E-state index in [-0.39, 0.29) is 31.4 Å².